The molecule has 0 bridgehead atoms. The number of amides is 1. The zero-order chi connectivity index (χ0) is 17.1. The van der Waals surface area contributed by atoms with Crippen LogP contribution in [0.2, 0.25) is 0 Å². The molecule has 4 heteroatoms. The van der Waals surface area contributed by atoms with E-state index < -0.39 is 6.29 Å². The predicted molar refractivity (Wildman–Crippen MR) is 95.8 cm³/mol. The van der Waals surface area contributed by atoms with Crippen LogP contribution in [0.25, 0.3) is 0 Å². The summed E-state index contributed by atoms with van der Waals surface area (Å²) in [5.74, 6) is 0.966. The molecule has 0 saturated carbocycles. The molecule has 1 amide bonds. The fourth-order valence-electron chi connectivity index (χ4n) is 2.82. The molecular weight excluding hydrogens is 314 g/mol. The van der Waals surface area contributed by atoms with Crippen LogP contribution < -0.4 is 14.8 Å². The summed E-state index contributed by atoms with van der Waals surface area (Å²) < 4.78 is 11.8. The van der Waals surface area contributed by atoms with Crippen LogP contribution >= 0.6 is 0 Å². The van der Waals surface area contributed by atoms with Gasteiger partial charge in [-0.15, -0.1) is 0 Å². The largest absolute Gasteiger partial charge is 0.446 e. The van der Waals surface area contributed by atoms with Gasteiger partial charge in [-0.1, -0.05) is 54.6 Å². The van der Waals surface area contributed by atoms with Crippen molar-refractivity contribution in [1.82, 2.24) is 0 Å². The molecule has 25 heavy (non-hydrogen) atoms. The Hall–Kier alpha value is -3.27. The zero-order valence-electron chi connectivity index (χ0n) is 13.5. The quantitative estimate of drug-likeness (QED) is 0.772. The van der Waals surface area contributed by atoms with E-state index in [9.17, 15) is 4.79 Å². The van der Waals surface area contributed by atoms with Crippen molar-refractivity contribution in [2.45, 2.75) is 12.7 Å². The SMILES string of the molecule is O=C(Nc1ccccc1)C1Oc2ccccc2Cc2ccccc2O1. The van der Waals surface area contributed by atoms with Gasteiger partial charge in [0, 0.05) is 12.1 Å². The Balaban J connectivity index is 1.67. The summed E-state index contributed by atoms with van der Waals surface area (Å²) in [5.41, 5.74) is 2.75. The first-order chi connectivity index (χ1) is 12.3. The Kier molecular flexibility index (Phi) is 4.09. The Bertz CT molecular complexity index is 845. The van der Waals surface area contributed by atoms with Gasteiger partial charge in [-0.05, 0) is 35.4 Å². The van der Waals surface area contributed by atoms with Crippen LogP contribution in [-0.4, -0.2) is 12.2 Å². The summed E-state index contributed by atoms with van der Waals surface area (Å²) in [5, 5.41) is 2.83. The van der Waals surface area contributed by atoms with E-state index in [4.69, 9.17) is 9.47 Å². The number of nitrogens with one attached hydrogen (secondary N) is 1. The van der Waals surface area contributed by atoms with E-state index in [0.717, 1.165) is 11.1 Å². The molecule has 4 rings (SSSR count). The molecule has 0 atom stereocenters. The number of para-hydroxylation sites is 3. The van der Waals surface area contributed by atoms with Gasteiger partial charge in [-0.2, -0.15) is 0 Å². The highest BCUT2D eigenvalue weighted by Crippen LogP contribution is 2.31. The monoisotopic (exact) mass is 331 g/mol. The van der Waals surface area contributed by atoms with Crippen LogP contribution in [0.5, 0.6) is 11.5 Å². The summed E-state index contributed by atoms with van der Waals surface area (Å²) >= 11 is 0. The maximum atomic E-state index is 12.7. The van der Waals surface area contributed by atoms with Crippen LogP contribution in [0, 0.1) is 0 Å². The van der Waals surface area contributed by atoms with Crippen LogP contribution in [0.4, 0.5) is 5.69 Å². The molecule has 1 heterocycles. The zero-order valence-corrected chi connectivity index (χ0v) is 13.5. The lowest BCUT2D eigenvalue weighted by molar-refractivity contribution is -0.134. The number of ether oxygens (including phenoxy) is 2. The second kappa shape index (κ2) is 6.69. The van der Waals surface area contributed by atoms with Gasteiger partial charge in [0.15, 0.2) is 0 Å². The molecule has 4 nitrogen and oxygen atoms in total. The first-order valence-corrected chi connectivity index (χ1v) is 8.14. The van der Waals surface area contributed by atoms with Gasteiger partial charge < -0.3 is 14.8 Å². The number of hydrogen-bond donors (Lipinski definition) is 1. The van der Waals surface area contributed by atoms with E-state index in [1.807, 2.05) is 78.9 Å². The average Bonchev–Trinajstić information content (AvgIpc) is 2.62. The van der Waals surface area contributed by atoms with Crippen molar-refractivity contribution in [2.24, 2.45) is 0 Å². The number of hydrogen-bond acceptors (Lipinski definition) is 3. The number of anilines is 1. The fourth-order valence-corrected chi connectivity index (χ4v) is 2.82. The molecule has 0 radical (unpaired) electrons. The van der Waals surface area contributed by atoms with E-state index in [-0.39, 0.29) is 5.91 Å². The van der Waals surface area contributed by atoms with E-state index in [1.54, 1.807) is 0 Å². The Labute approximate surface area is 146 Å². The third-order valence-electron chi connectivity index (χ3n) is 4.05. The lowest BCUT2D eigenvalue weighted by Gasteiger charge is -2.25. The highest BCUT2D eigenvalue weighted by Gasteiger charge is 2.27. The van der Waals surface area contributed by atoms with Crippen molar-refractivity contribution < 1.29 is 14.3 Å². The molecule has 1 aliphatic rings. The molecule has 3 aromatic carbocycles. The molecule has 0 saturated heterocycles. The molecule has 0 aliphatic carbocycles. The van der Waals surface area contributed by atoms with Gasteiger partial charge in [0.25, 0.3) is 0 Å². The summed E-state index contributed by atoms with van der Waals surface area (Å²) in [4.78, 5) is 12.7. The standard InChI is InChI=1S/C21H17NO3/c23-20(22-17-10-2-1-3-11-17)21-24-18-12-6-4-8-15(18)14-16-9-5-7-13-19(16)25-21/h1-13,21H,14H2,(H,22,23). The summed E-state index contributed by atoms with van der Waals surface area (Å²) in [6.45, 7) is 0. The van der Waals surface area contributed by atoms with Crippen LogP contribution in [-0.2, 0) is 11.2 Å². The second-order valence-corrected chi connectivity index (χ2v) is 5.82. The highest BCUT2D eigenvalue weighted by atomic mass is 16.7. The van der Waals surface area contributed by atoms with Crippen molar-refractivity contribution in [3.05, 3.63) is 90.0 Å². The third kappa shape index (κ3) is 3.33. The van der Waals surface area contributed by atoms with E-state index in [2.05, 4.69) is 5.32 Å². The lowest BCUT2D eigenvalue weighted by Crippen LogP contribution is -2.39. The maximum Gasteiger partial charge on any atom is 0.321 e. The Morgan fingerprint density at radius 1 is 0.760 bits per heavy atom. The molecule has 3 aromatic rings. The van der Waals surface area contributed by atoms with Gasteiger partial charge in [0.1, 0.15) is 11.5 Å². The number of rotatable bonds is 2. The molecule has 0 unspecified atom stereocenters. The Morgan fingerprint density at radius 2 is 1.28 bits per heavy atom. The number of carbonyl (C=O) groups excluding carboxylic acids is 1. The topological polar surface area (TPSA) is 47.6 Å². The normalized spacial score (nSPS) is 13.3. The Morgan fingerprint density at radius 3 is 1.88 bits per heavy atom. The molecule has 1 aliphatic heterocycles. The fraction of sp³-hybridized carbons (Fsp3) is 0.0952. The first-order valence-electron chi connectivity index (χ1n) is 8.14. The van der Waals surface area contributed by atoms with Crippen LogP contribution in [0.15, 0.2) is 78.9 Å². The second-order valence-electron chi connectivity index (χ2n) is 5.82. The smallest absolute Gasteiger partial charge is 0.321 e. The van der Waals surface area contributed by atoms with E-state index in [0.29, 0.717) is 23.6 Å². The van der Waals surface area contributed by atoms with Crippen molar-refractivity contribution in [3.63, 3.8) is 0 Å². The minimum atomic E-state index is -1.07. The van der Waals surface area contributed by atoms with Crippen LogP contribution in [0.3, 0.4) is 0 Å². The summed E-state index contributed by atoms with van der Waals surface area (Å²) in [7, 11) is 0. The molecular formula is C21H17NO3. The van der Waals surface area contributed by atoms with Crippen molar-refractivity contribution in [1.29, 1.82) is 0 Å². The molecule has 124 valence electrons. The average molecular weight is 331 g/mol. The molecule has 1 N–H and O–H groups in total. The van der Waals surface area contributed by atoms with Gasteiger partial charge in [0.2, 0.25) is 0 Å². The van der Waals surface area contributed by atoms with Gasteiger partial charge in [-0.25, -0.2) is 0 Å². The minimum Gasteiger partial charge on any atom is -0.446 e. The van der Waals surface area contributed by atoms with Gasteiger partial charge in [-0.3, -0.25) is 4.79 Å². The van der Waals surface area contributed by atoms with E-state index in [1.165, 1.54) is 0 Å². The van der Waals surface area contributed by atoms with Crippen molar-refractivity contribution in [2.75, 3.05) is 5.32 Å². The molecule has 0 aromatic heterocycles. The summed E-state index contributed by atoms with van der Waals surface area (Å²) in [6.07, 6.45) is -0.373. The number of carbonyl (C=O) groups is 1. The number of fused-ring (bicyclic) bond motifs is 2. The van der Waals surface area contributed by atoms with Gasteiger partial charge in [0.05, 0.1) is 0 Å². The first kappa shape index (κ1) is 15.3. The van der Waals surface area contributed by atoms with E-state index >= 15 is 0 Å². The molecule has 0 spiro atoms. The molecule has 0 fully saturated rings. The predicted octanol–water partition coefficient (Wildman–Crippen LogP) is 4.01. The highest BCUT2D eigenvalue weighted by molar-refractivity contribution is 5.93. The lowest BCUT2D eigenvalue weighted by atomic mass is 10.0. The minimum absolute atomic E-state index is 0.349. The third-order valence-corrected chi connectivity index (χ3v) is 4.05. The number of benzene rings is 3. The van der Waals surface area contributed by atoms with Gasteiger partial charge >= 0.3 is 12.2 Å². The van der Waals surface area contributed by atoms with Crippen molar-refractivity contribution in [3.8, 4) is 11.5 Å². The van der Waals surface area contributed by atoms with Crippen molar-refractivity contribution >= 4 is 11.6 Å². The maximum absolute atomic E-state index is 12.7. The van der Waals surface area contributed by atoms with Crippen LogP contribution in [0.1, 0.15) is 11.1 Å². The summed E-state index contributed by atoms with van der Waals surface area (Å²) in [6, 6.07) is 24.7.